The van der Waals surface area contributed by atoms with E-state index in [9.17, 15) is 10.1 Å². The predicted molar refractivity (Wildman–Crippen MR) is 83.3 cm³/mol. The molecule has 3 nitrogen and oxygen atoms in total. The number of nitriles is 1. The van der Waals surface area contributed by atoms with Crippen molar-refractivity contribution in [2.45, 2.75) is 53.0 Å². The third kappa shape index (κ3) is 3.83. The van der Waals surface area contributed by atoms with Gasteiger partial charge in [-0.25, -0.2) is 0 Å². The van der Waals surface area contributed by atoms with E-state index in [1.54, 1.807) is 11.3 Å². The lowest BCUT2D eigenvalue weighted by Gasteiger charge is -2.31. The predicted octanol–water partition coefficient (Wildman–Crippen LogP) is 4.21. The zero-order chi connectivity index (χ0) is 15.0. The number of hydrogen-bond donors (Lipinski definition) is 0. The number of rotatable bonds is 8. The summed E-state index contributed by atoms with van der Waals surface area (Å²) in [7, 11) is 0. The van der Waals surface area contributed by atoms with Crippen LogP contribution in [0.1, 0.15) is 51.3 Å². The molecule has 0 spiro atoms. The molecule has 1 amide bonds. The van der Waals surface area contributed by atoms with Gasteiger partial charge in [-0.2, -0.15) is 5.26 Å². The third-order valence-electron chi connectivity index (χ3n) is 3.57. The molecule has 0 aromatic carbocycles. The zero-order valence-electron chi connectivity index (χ0n) is 12.7. The standard InChI is InChI=1S/C16H24N2OS/c1-4-9-16(13-17,10-5-2)15(19)18(6-3)12-14-8-7-11-20-14/h7-8,11H,4-6,9-10,12H2,1-3H3. The van der Waals surface area contributed by atoms with E-state index >= 15 is 0 Å². The van der Waals surface area contributed by atoms with Crippen molar-refractivity contribution in [1.82, 2.24) is 4.90 Å². The van der Waals surface area contributed by atoms with Crippen LogP contribution in [0.5, 0.6) is 0 Å². The van der Waals surface area contributed by atoms with Crippen LogP contribution < -0.4 is 0 Å². The highest BCUT2D eigenvalue weighted by atomic mass is 32.1. The molecule has 0 unspecified atom stereocenters. The SMILES string of the molecule is CCCC(C#N)(CCC)C(=O)N(CC)Cc1cccs1. The number of nitrogens with zero attached hydrogens (tertiary/aromatic N) is 2. The summed E-state index contributed by atoms with van der Waals surface area (Å²) in [6, 6.07) is 6.35. The smallest absolute Gasteiger partial charge is 0.243 e. The highest BCUT2D eigenvalue weighted by Crippen LogP contribution is 2.32. The van der Waals surface area contributed by atoms with Crippen LogP contribution in [0.2, 0.25) is 0 Å². The summed E-state index contributed by atoms with van der Waals surface area (Å²) in [4.78, 5) is 15.8. The van der Waals surface area contributed by atoms with Gasteiger partial charge in [-0.3, -0.25) is 4.79 Å². The Hall–Kier alpha value is -1.34. The van der Waals surface area contributed by atoms with Crippen LogP contribution in [0.3, 0.4) is 0 Å². The number of amides is 1. The maximum absolute atomic E-state index is 12.8. The first-order chi connectivity index (χ1) is 9.63. The number of hydrogen-bond acceptors (Lipinski definition) is 3. The second kappa shape index (κ2) is 8.06. The Morgan fingerprint density at radius 2 is 2.00 bits per heavy atom. The summed E-state index contributed by atoms with van der Waals surface area (Å²) in [5.74, 6) is -0.000370. The van der Waals surface area contributed by atoms with Crippen LogP contribution in [0.25, 0.3) is 0 Å². The fourth-order valence-electron chi connectivity index (χ4n) is 2.57. The van der Waals surface area contributed by atoms with Gasteiger partial charge < -0.3 is 4.90 Å². The van der Waals surface area contributed by atoms with Crippen LogP contribution in [0.15, 0.2) is 17.5 Å². The van der Waals surface area contributed by atoms with E-state index in [2.05, 4.69) is 6.07 Å². The summed E-state index contributed by atoms with van der Waals surface area (Å²) in [5, 5.41) is 11.6. The largest absolute Gasteiger partial charge is 0.336 e. The van der Waals surface area contributed by atoms with Gasteiger partial charge in [0.15, 0.2) is 0 Å². The Bertz CT molecular complexity index is 442. The van der Waals surface area contributed by atoms with Crippen molar-refractivity contribution >= 4 is 17.2 Å². The number of carbonyl (C=O) groups is 1. The Labute approximate surface area is 126 Å². The molecule has 0 N–H and O–H groups in total. The number of thiophene rings is 1. The van der Waals surface area contributed by atoms with Gasteiger partial charge in [0.05, 0.1) is 12.6 Å². The van der Waals surface area contributed by atoms with Crippen LogP contribution in [0, 0.1) is 16.7 Å². The van der Waals surface area contributed by atoms with Crippen molar-refractivity contribution in [2.24, 2.45) is 5.41 Å². The summed E-state index contributed by atoms with van der Waals surface area (Å²) in [6.45, 7) is 7.30. The lowest BCUT2D eigenvalue weighted by atomic mass is 9.79. The fourth-order valence-corrected chi connectivity index (χ4v) is 3.29. The van der Waals surface area contributed by atoms with Crippen LogP contribution in [-0.4, -0.2) is 17.4 Å². The minimum Gasteiger partial charge on any atom is -0.336 e. The average molecular weight is 292 g/mol. The van der Waals surface area contributed by atoms with E-state index < -0.39 is 5.41 Å². The summed E-state index contributed by atoms with van der Waals surface area (Å²) >= 11 is 1.65. The lowest BCUT2D eigenvalue weighted by Crippen LogP contribution is -2.42. The van der Waals surface area contributed by atoms with Gasteiger partial charge >= 0.3 is 0 Å². The van der Waals surface area contributed by atoms with Crippen molar-refractivity contribution < 1.29 is 4.79 Å². The normalized spacial score (nSPS) is 11.1. The van der Waals surface area contributed by atoms with E-state index in [-0.39, 0.29) is 5.91 Å². The molecule has 20 heavy (non-hydrogen) atoms. The van der Waals surface area contributed by atoms with E-state index in [0.29, 0.717) is 25.9 Å². The quantitative estimate of drug-likeness (QED) is 0.720. The van der Waals surface area contributed by atoms with Gasteiger partial charge in [-0.1, -0.05) is 32.8 Å². The monoisotopic (exact) mass is 292 g/mol. The minimum atomic E-state index is -0.837. The van der Waals surface area contributed by atoms with Gasteiger partial charge in [0.2, 0.25) is 5.91 Å². The summed E-state index contributed by atoms with van der Waals surface area (Å²) < 4.78 is 0. The van der Waals surface area contributed by atoms with Gasteiger partial charge in [0.25, 0.3) is 0 Å². The first-order valence-corrected chi connectivity index (χ1v) is 8.24. The van der Waals surface area contributed by atoms with E-state index in [4.69, 9.17) is 0 Å². The second-order valence-corrected chi connectivity index (χ2v) is 6.12. The van der Waals surface area contributed by atoms with Crippen molar-refractivity contribution in [3.63, 3.8) is 0 Å². The molecule has 0 aliphatic rings. The zero-order valence-corrected chi connectivity index (χ0v) is 13.5. The molecule has 4 heteroatoms. The van der Waals surface area contributed by atoms with Gasteiger partial charge in [-0.15, -0.1) is 11.3 Å². The van der Waals surface area contributed by atoms with E-state index in [0.717, 1.165) is 12.8 Å². The molecular formula is C16H24N2OS. The molecule has 0 radical (unpaired) electrons. The molecule has 0 saturated heterocycles. The third-order valence-corrected chi connectivity index (χ3v) is 4.43. The highest BCUT2D eigenvalue weighted by Gasteiger charge is 2.39. The fraction of sp³-hybridized carbons (Fsp3) is 0.625. The molecule has 0 atom stereocenters. The molecule has 0 bridgehead atoms. The summed E-state index contributed by atoms with van der Waals surface area (Å²) in [5.41, 5.74) is -0.837. The Morgan fingerprint density at radius 1 is 1.35 bits per heavy atom. The molecule has 0 saturated carbocycles. The molecule has 1 rings (SSSR count). The Morgan fingerprint density at radius 3 is 2.40 bits per heavy atom. The van der Waals surface area contributed by atoms with Crippen molar-refractivity contribution in [2.75, 3.05) is 6.54 Å². The molecule has 1 aromatic heterocycles. The van der Waals surface area contributed by atoms with Crippen molar-refractivity contribution in [3.05, 3.63) is 22.4 Å². The molecule has 0 aliphatic carbocycles. The Kier molecular flexibility index (Phi) is 6.74. The van der Waals surface area contributed by atoms with E-state index in [1.807, 2.05) is 43.2 Å². The molecule has 0 aliphatic heterocycles. The van der Waals surface area contributed by atoms with Crippen LogP contribution in [0.4, 0.5) is 0 Å². The maximum atomic E-state index is 12.8. The van der Waals surface area contributed by atoms with Crippen molar-refractivity contribution in [1.29, 1.82) is 5.26 Å². The average Bonchev–Trinajstić information content (AvgIpc) is 2.96. The van der Waals surface area contributed by atoms with Crippen LogP contribution >= 0.6 is 11.3 Å². The van der Waals surface area contributed by atoms with E-state index in [1.165, 1.54) is 4.88 Å². The topological polar surface area (TPSA) is 44.1 Å². The van der Waals surface area contributed by atoms with Gasteiger partial charge in [-0.05, 0) is 31.2 Å². The first-order valence-electron chi connectivity index (χ1n) is 7.36. The first kappa shape index (κ1) is 16.7. The molecule has 110 valence electrons. The van der Waals surface area contributed by atoms with Crippen LogP contribution in [-0.2, 0) is 11.3 Å². The molecular weight excluding hydrogens is 268 g/mol. The minimum absolute atomic E-state index is 0.000370. The van der Waals surface area contributed by atoms with Gasteiger partial charge in [0.1, 0.15) is 5.41 Å². The second-order valence-electron chi connectivity index (χ2n) is 5.09. The number of carbonyl (C=O) groups excluding carboxylic acids is 1. The molecule has 1 heterocycles. The lowest BCUT2D eigenvalue weighted by molar-refractivity contribution is -0.140. The summed E-state index contributed by atoms with van der Waals surface area (Å²) in [6.07, 6.45) is 3.01. The molecule has 1 aromatic rings. The Balaban J connectivity index is 2.93. The molecule has 0 fully saturated rings. The van der Waals surface area contributed by atoms with Crippen molar-refractivity contribution in [3.8, 4) is 6.07 Å². The highest BCUT2D eigenvalue weighted by molar-refractivity contribution is 7.09. The maximum Gasteiger partial charge on any atom is 0.243 e. The van der Waals surface area contributed by atoms with Gasteiger partial charge in [0, 0.05) is 11.4 Å².